The largest absolute Gasteiger partial charge is 0.493 e. The molecular weight excluding hydrogens is 204 g/mol. The van der Waals surface area contributed by atoms with Crippen LogP contribution in [-0.4, -0.2) is 38.3 Å². The van der Waals surface area contributed by atoms with Crippen LogP contribution in [0.25, 0.3) is 0 Å². The third kappa shape index (κ3) is 2.58. The molecule has 1 aromatic carbocycles. The molecule has 1 aromatic rings. The number of hydrogen-bond donors (Lipinski definition) is 1. The third-order valence-corrected chi connectivity index (χ3v) is 2.80. The zero-order valence-corrected chi connectivity index (χ0v) is 9.61. The fourth-order valence-electron chi connectivity index (χ4n) is 1.69. The average molecular weight is 222 g/mol. The molecule has 2 N–H and O–H groups in total. The van der Waals surface area contributed by atoms with E-state index in [0.29, 0.717) is 18.0 Å². The van der Waals surface area contributed by atoms with Crippen molar-refractivity contribution in [2.45, 2.75) is 6.42 Å². The molecule has 4 heteroatoms. The molecule has 0 saturated carbocycles. The van der Waals surface area contributed by atoms with Crippen LogP contribution in [0, 0.1) is 0 Å². The Morgan fingerprint density at radius 3 is 2.75 bits per heavy atom. The number of anilines is 1. The summed E-state index contributed by atoms with van der Waals surface area (Å²) in [5.41, 5.74) is 6.35. The number of rotatable bonds is 5. The second kappa shape index (κ2) is 5.07. The van der Waals surface area contributed by atoms with Crippen LogP contribution in [0.3, 0.4) is 0 Å². The monoisotopic (exact) mass is 222 g/mol. The van der Waals surface area contributed by atoms with E-state index in [2.05, 4.69) is 4.90 Å². The second-order valence-electron chi connectivity index (χ2n) is 3.95. The average Bonchev–Trinajstić information content (AvgIpc) is 2.23. The van der Waals surface area contributed by atoms with Crippen LogP contribution in [0.5, 0.6) is 11.5 Å². The van der Waals surface area contributed by atoms with Crippen molar-refractivity contribution in [3.8, 4) is 11.5 Å². The summed E-state index contributed by atoms with van der Waals surface area (Å²) in [6.07, 6.45) is 1.31. The molecule has 4 nitrogen and oxygen atoms in total. The first kappa shape index (κ1) is 11.1. The molecule has 0 radical (unpaired) electrons. The van der Waals surface area contributed by atoms with Gasteiger partial charge in [-0.2, -0.15) is 0 Å². The van der Waals surface area contributed by atoms with Gasteiger partial charge < -0.3 is 15.2 Å². The quantitative estimate of drug-likeness (QED) is 0.764. The molecule has 1 aliphatic heterocycles. The van der Waals surface area contributed by atoms with Crippen LogP contribution in [-0.2, 0) is 0 Å². The van der Waals surface area contributed by atoms with E-state index in [1.54, 1.807) is 13.2 Å². The Morgan fingerprint density at radius 1 is 1.31 bits per heavy atom. The third-order valence-electron chi connectivity index (χ3n) is 2.80. The standard InChI is InChI=1S/C12H18N2O2/c1-15-12-9-10(13)3-4-11(12)16-8-7-14-5-2-6-14/h3-4,9H,2,5-8,13H2,1H3. The Labute approximate surface area is 95.9 Å². The number of methoxy groups -OCH3 is 1. The Kier molecular flexibility index (Phi) is 3.51. The Balaban J connectivity index is 1.87. The van der Waals surface area contributed by atoms with Gasteiger partial charge in [-0.15, -0.1) is 0 Å². The lowest BCUT2D eigenvalue weighted by atomic mass is 10.2. The van der Waals surface area contributed by atoms with Crippen LogP contribution in [0.4, 0.5) is 5.69 Å². The first-order valence-electron chi connectivity index (χ1n) is 5.58. The van der Waals surface area contributed by atoms with Crippen molar-refractivity contribution in [3.05, 3.63) is 18.2 Å². The topological polar surface area (TPSA) is 47.7 Å². The molecule has 0 atom stereocenters. The minimum absolute atomic E-state index is 0.687. The van der Waals surface area contributed by atoms with Crippen molar-refractivity contribution in [2.24, 2.45) is 0 Å². The van der Waals surface area contributed by atoms with Gasteiger partial charge in [0.05, 0.1) is 7.11 Å². The van der Waals surface area contributed by atoms with Crippen LogP contribution in [0.2, 0.25) is 0 Å². The van der Waals surface area contributed by atoms with Gasteiger partial charge in [0.1, 0.15) is 6.61 Å². The van der Waals surface area contributed by atoms with E-state index in [4.69, 9.17) is 15.2 Å². The van der Waals surface area contributed by atoms with Gasteiger partial charge in [-0.1, -0.05) is 0 Å². The predicted molar refractivity (Wildman–Crippen MR) is 64.0 cm³/mol. The van der Waals surface area contributed by atoms with E-state index in [1.807, 2.05) is 12.1 Å². The normalized spacial score (nSPS) is 15.6. The van der Waals surface area contributed by atoms with Gasteiger partial charge in [-0.05, 0) is 31.6 Å². The molecule has 0 aliphatic carbocycles. The van der Waals surface area contributed by atoms with Gasteiger partial charge in [0.15, 0.2) is 11.5 Å². The molecule has 0 amide bonds. The molecule has 1 aliphatic rings. The molecular formula is C12H18N2O2. The Morgan fingerprint density at radius 2 is 2.12 bits per heavy atom. The summed E-state index contributed by atoms with van der Waals surface area (Å²) in [5.74, 6) is 1.46. The number of likely N-dealkylation sites (tertiary alicyclic amines) is 1. The number of nitrogens with two attached hydrogens (primary N) is 1. The van der Waals surface area contributed by atoms with Crippen molar-refractivity contribution in [1.29, 1.82) is 0 Å². The molecule has 0 spiro atoms. The molecule has 1 fully saturated rings. The summed E-state index contributed by atoms with van der Waals surface area (Å²) in [6, 6.07) is 5.45. The molecule has 16 heavy (non-hydrogen) atoms. The highest BCUT2D eigenvalue weighted by atomic mass is 16.5. The lowest BCUT2D eigenvalue weighted by Gasteiger charge is -2.30. The molecule has 1 saturated heterocycles. The molecule has 0 aromatic heterocycles. The zero-order valence-electron chi connectivity index (χ0n) is 9.61. The number of ether oxygens (including phenoxy) is 2. The SMILES string of the molecule is COc1cc(N)ccc1OCCN1CCC1. The number of nitrogens with zero attached hydrogens (tertiary/aromatic N) is 1. The van der Waals surface area contributed by atoms with Crippen LogP contribution >= 0.6 is 0 Å². The lowest BCUT2D eigenvalue weighted by Crippen LogP contribution is -2.39. The highest BCUT2D eigenvalue weighted by molar-refractivity contribution is 5.51. The summed E-state index contributed by atoms with van der Waals surface area (Å²) in [6.45, 7) is 4.07. The van der Waals surface area contributed by atoms with Crippen LogP contribution in [0.1, 0.15) is 6.42 Å². The molecule has 0 unspecified atom stereocenters. The highest BCUT2D eigenvalue weighted by Crippen LogP contribution is 2.28. The van der Waals surface area contributed by atoms with E-state index in [0.717, 1.165) is 12.3 Å². The van der Waals surface area contributed by atoms with Crippen molar-refractivity contribution >= 4 is 5.69 Å². The minimum atomic E-state index is 0.687. The predicted octanol–water partition coefficient (Wildman–Crippen LogP) is 1.36. The summed E-state index contributed by atoms with van der Waals surface area (Å²) in [4.78, 5) is 2.36. The van der Waals surface area contributed by atoms with Crippen molar-refractivity contribution in [1.82, 2.24) is 4.90 Å². The Bertz CT molecular complexity index is 351. The number of hydrogen-bond acceptors (Lipinski definition) is 4. The summed E-state index contributed by atoms with van der Waals surface area (Å²) < 4.78 is 10.9. The van der Waals surface area contributed by atoms with E-state index < -0.39 is 0 Å². The smallest absolute Gasteiger partial charge is 0.162 e. The maximum absolute atomic E-state index is 5.67. The summed E-state index contributed by atoms with van der Waals surface area (Å²) >= 11 is 0. The van der Waals surface area contributed by atoms with Gasteiger partial charge in [0.2, 0.25) is 0 Å². The number of nitrogen functional groups attached to an aromatic ring is 1. The Hall–Kier alpha value is -1.42. The number of benzene rings is 1. The molecule has 1 heterocycles. The highest BCUT2D eigenvalue weighted by Gasteiger charge is 2.13. The van der Waals surface area contributed by atoms with E-state index in [9.17, 15) is 0 Å². The second-order valence-corrected chi connectivity index (χ2v) is 3.95. The maximum atomic E-state index is 5.67. The van der Waals surface area contributed by atoms with Crippen molar-refractivity contribution < 1.29 is 9.47 Å². The van der Waals surface area contributed by atoms with Gasteiger partial charge in [0, 0.05) is 18.3 Å². The lowest BCUT2D eigenvalue weighted by molar-refractivity contribution is 0.145. The summed E-state index contributed by atoms with van der Waals surface area (Å²) in [7, 11) is 1.62. The zero-order chi connectivity index (χ0) is 11.4. The van der Waals surface area contributed by atoms with Gasteiger partial charge in [0.25, 0.3) is 0 Å². The molecule has 2 rings (SSSR count). The summed E-state index contributed by atoms with van der Waals surface area (Å²) in [5, 5.41) is 0. The first-order chi connectivity index (χ1) is 7.79. The van der Waals surface area contributed by atoms with Gasteiger partial charge in [-0.25, -0.2) is 0 Å². The van der Waals surface area contributed by atoms with Crippen LogP contribution in [0.15, 0.2) is 18.2 Å². The fraction of sp³-hybridized carbons (Fsp3) is 0.500. The van der Waals surface area contributed by atoms with Crippen molar-refractivity contribution in [2.75, 3.05) is 39.1 Å². The van der Waals surface area contributed by atoms with Crippen LogP contribution < -0.4 is 15.2 Å². The first-order valence-corrected chi connectivity index (χ1v) is 5.58. The van der Waals surface area contributed by atoms with Crippen molar-refractivity contribution in [3.63, 3.8) is 0 Å². The van der Waals surface area contributed by atoms with E-state index in [-0.39, 0.29) is 0 Å². The van der Waals surface area contributed by atoms with E-state index in [1.165, 1.54) is 19.5 Å². The maximum Gasteiger partial charge on any atom is 0.162 e. The van der Waals surface area contributed by atoms with E-state index >= 15 is 0 Å². The fourth-order valence-corrected chi connectivity index (χ4v) is 1.69. The molecule has 88 valence electrons. The van der Waals surface area contributed by atoms with Gasteiger partial charge in [-0.3, -0.25) is 4.90 Å². The minimum Gasteiger partial charge on any atom is -0.493 e. The van der Waals surface area contributed by atoms with Gasteiger partial charge >= 0.3 is 0 Å². The molecule has 0 bridgehead atoms.